The van der Waals surface area contributed by atoms with E-state index in [1.165, 1.54) is 4.90 Å². The number of fused-ring (bicyclic) bond motifs is 1. The number of rotatable bonds is 4. The molecule has 0 aromatic heterocycles. The SMILES string of the molecule is COc1ccccc1C1=C(N2CC(C)CC(C)C2)C(=O)N(c2cccc3ccccc23)C1=O. The van der Waals surface area contributed by atoms with E-state index in [1.807, 2.05) is 66.7 Å². The summed E-state index contributed by atoms with van der Waals surface area (Å²) in [5, 5.41) is 1.87. The standard InChI is InChI=1S/C28H28N2O3/c1-18-15-19(2)17-29(16-18)26-25(22-12-6-7-14-24(22)33-3)27(31)30(28(26)32)23-13-8-10-20-9-4-5-11-21(20)23/h4-14,18-19H,15-17H2,1-3H3. The van der Waals surface area contributed by atoms with Crippen LogP contribution in [0.15, 0.2) is 72.4 Å². The molecule has 5 nitrogen and oxygen atoms in total. The Morgan fingerprint density at radius 2 is 1.48 bits per heavy atom. The molecule has 0 saturated carbocycles. The van der Waals surface area contributed by atoms with E-state index in [-0.39, 0.29) is 11.8 Å². The highest BCUT2D eigenvalue weighted by atomic mass is 16.5. The van der Waals surface area contributed by atoms with E-state index in [0.29, 0.717) is 40.1 Å². The largest absolute Gasteiger partial charge is 0.496 e. The van der Waals surface area contributed by atoms with E-state index >= 15 is 0 Å². The molecule has 1 saturated heterocycles. The summed E-state index contributed by atoms with van der Waals surface area (Å²) in [4.78, 5) is 31.5. The van der Waals surface area contributed by atoms with Crippen LogP contribution in [-0.2, 0) is 9.59 Å². The Morgan fingerprint density at radius 3 is 2.24 bits per heavy atom. The third-order valence-electron chi connectivity index (χ3n) is 6.63. The van der Waals surface area contributed by atoms with Crippen LogP contribution in [0.3, 0.4) is 0 Å². The molecule has 1 fully saturated rings. The number of ether oxygens (including phenoxy) is 1. The van der Waals surface area contributed by atoms with Crippen molar-refractivity contribution in [3.8, 4) is 5.75 Å². The zero-order chi connectivity index (χ0) is 23.1. The topological polar surface area (TPSA) is 49.9 Å². The van der Waals surface area contributed by atoms with Gasteiger partial charge in [-0.3, -0.25) is 9.59 Å². The molecule has 0 aliphatic carbocycles. The molecule has 0 N–H and O–H groups in total. The maximum atomic E-state index is 14.0. The smallest absolute Gasteiger partial charge is 0.282 e. The lowest BCUT2D eigenvalue weighted by atomic mass is 9.91. The van der Waals surface area contributed by atoms with Gasteiger partial charge in [-0.05, 0) is 35.8 Å². The molecule has 5 rings (SSSR count). The summed E-state index contributed by atoms with van der Waals surface area (Å²) in [6.45, 7) is 5.91. The lowest BCUT2D eigenvalue weighted by Gasteiger charge is -2.37. The van der Waals surface area contributed by atoms with Gasteiger partial charge in [-0.1, -0.05) is 68.4 Å². The highest BCUT2D eigenvalue weighted by molar-refractivity contribution is 6.46. The van der Waals surface area contributed by atoms with E-state index in [2.05, 4.69) is 18.7 Å². The Kier molecular flexibility index (Phi) is 5.41. The van der Waals surface area contributed by atoms with Crippen LogP contribution in [-0.4, -0.2) is 36.9 Å². The van der Waals surface area contributed by atoms with Gasteiger partial charge in [0, 0.05) is 24.0 Å². The van der Waals surface area contributed by atoms with Crippen LogP contribution in [0.1, 0.15) is 25.8 Å². The number of methoxy groups -OCH3 is 1. The molecule has 5 heteroatoms. The molecule has 2 aliphatic heterocycles. The summed E-state index contributed by atoms with van der Waals surface area (Å²) >= 11 is 0. The van der Waals surface area contributed by atoms with Gasteiger partial charge in [0.05, 0.1) is 18.4 Å². The molecule has 3 aromatic rings. The van der Waals surface area contributed by atoms with Gasteiger partial charge >= 0.3 is 0 Å². The number of likely N-dealkylation sites (tertiary alicyclic amines) is 1. The first-order valence-corrected chi connectivity index (χ1v) is 11.5. The minimum Gasteiger partial charge on any atom is -0.496 e. The van der Waals surface area contributed by atoms with E-state index < -0.39 is 0 Å². The monoisotopic (exact) mass is 440 g/mol. The maximum absolute atomic E-state index is 14.0. The van der Waals surface area contributed by atoms with Crippen LogP contribution >= 0.6 is 0 Å². The number of nitrogens with zero attached hydrogens (tertiary/aromatic N) is 2. The molecule has 2 amide bonds. The fraction of sp³-hybridized carbons (Fsp3) is 0.286. The van der Waals surface area contributed by atoms with Gasteiger partial charge in [-0.25, -0.2) is 4.90 Å². The van der Waals surface area contributed by atoms with Gasteiger partial charge < -0.3 is 9.64 Å². The zero-order valence-corrected chi connectivity index (χ0v) is 19.2. The van der Waals surface area contributed by atoms with Crippen molar-refractivity contribution in [2.75, 3.05) is 25.1 Å². The highest BCUT2D eigenvalue weighted by Gasteiger charge is 2.44. The number of para-hydroxylation sites is 1. The Labute approximate surface area is 194 Å². The van der Waals surface area contributed by atoms with Gasteiger partial charge in [-0.15, -0.1) is 0 Å². The predicted molar refractivity (Wildman–Crippen MR) is 131 cm³/mol. The Balaban J connectivity index is 1.70. The van der Waals surface area contributed by atoms with Gasteiger partial charge in [0.1, 0.15) is 11.4 Å². The molecule has 2 heterocycles. The second-order valence-corrected chi connectivity index (χ2v) is 9.22. The number of amides is 2. The summed E-state index contributed by atoms with van der Waals surface area (Å²) in [6.07, 6.45) is 1.11. The fourth-order valence-electron chi connectivity index (χ4n) is 5.37. The Hall–Kier alpha value is -3.60. The van der Waals surface area contributed by atoms with Gasteiger partial charge in [-0.2, -0.15) is 0 Å². The first kappa shape index (κ1) is 21.3. The van der Waals surface area contributed by atoms with E-state index in [4.69, 9.17) is 4.74 Å². The first-order valence-electron chi connectivity index (χ1n) is 11.5. The average Bonchev–Trinajstić information content (AvgIpc) is 3.07. The van der Waals surface area contributed by atoms with Crippen LogP contribution in [0.4, 0.5) is 5.69 Å². The van der Waals surface area contributed by atoms with Crippen molar-refractivity contribution in [1.29, 1.82) is 0 Å². The number of carbonyl (C=O) groups excluding carboxylic acids is 2. The predicted octanol–water partition coefficient (Wildman–Crippen LogP) is 5.11. The van der Waals surface area contributed by atoms with E-state index in [1.54, 1.807) is 7.11 Å². The van der Waals surface area contributed by atoms with Crippen molar-refractivity contribution >= 4 is 33.8 Å². The summed E-state index contributed by atoms with van der Waals surface area (Å²) in [7, 11) is 1.59. The van der Waals surface area contributed by atoms with Crippen molar-refractivity contribution in [2.45, 2.75) is 20.3 Å². The summed E-state index contributed by atoms with van der Waals surface area (Å²) < 4.78 is 5.60. The van der Waals surface area contributed by atoms with Crippen molar-refractivity contribution in [1.82, 2.24) is 4.90 Å². The normalized spacial score (nSPS) is 21.3. The lowest BCUT2D eigenvalue weighted by molar-refractivity contribution is -0.120. The van der Waals surface area contributed by atoms with Crippen molar-refractivity contribution < 1.29 is 14.3 Å². The van der Waals surface area contributed by atoms with Crippen molar-refractivity contribution in [3.05, 3.63) is 78.0 Å². The van der Waals surface area contributed by atoms with Gasteiger partial charge in [0.2, 0.25) is 0 Å². The molecule has 33 heavy (non-hydrogen) atoms. The number of carbonyl (C=O) groups is 2. The molecule has 3 aromatic carbocycles. The maximum Gasteiger partial charge on any atom is 0.282 e. The summed E-state index contributed by atoms with van der Waals surface area (Å²) in [6, 6.07) is 21.0. The molecule has 2 unspecified atom stereocenters. The molecular formula is C28H28N2O3. The summed E-state index contributed by atoms with van der Waals surface area (Å²) in [5.41, 5.74) is 2.17. The number of anilines is 1. The number of imide groups is 1. The van der Waals surface area contributed by atoms with Crippen LogP contribution in [0.5, 0.6) is 5.75 Å². The van der Waals surface area contributed by atoms with Gasteiger partial charge in [0.15, 0.2) is 0 Å². The summed E-state index contributed by atoms with van der Waals surface area (Å²) in [5.74, 6) is 0.897. The van der Waals surface area contributed by atoms with E-state index in [0.717, 1.165) is 30.3 Å². The van der Waals surface area contributed by atoms with Crippen LogP contribution in [0.25, 0.3) is 16.3 Å². The Morgan fingerprint density at radius 1 is 0.818 bits per heavy atom. The number of hydrogen-bond donors (Lipinski definition) is 0. The number of hydrogen-bond acceptors (Lipinski definition) is 4. The fourth-order valence-corrected chi connectivity index (χ4v) is 5.37. The van der Waals surface area contributed by atoms with Crippen LogP contribution in [0, 0.1) is 11.8 Å². The lowest BCUT2D eigenvalue weighted by Crippen LogP contribution is -2.42. The number of piperidine rings is 1. The highest BCUT2D eigenvalue weighted by Crippen LogP contribution is 2.41. The molecule has 0 spiro atoms. The van der Waals surface area contributed by atoms with Crippen LogP contribution in [0.2, 0.25) is 0 Å². The minimum atomic E-state index is -0.304. The average molecular weight is 441 g/mol. The van der Waals surface area contributed by atoms with Crippen molar-refractivity contribution in [3.63, 3.8) is 0 Å². The van der Waals surface area contributed by atoms with Gasteiger partial charge in [0.25, 0.3) is 11.8 Å². The minimum absolute atomic E-state index is 0.265. The molecule has 0 bridgehead atoms. The molecule has 2 aliphatic rings. The molecule has 2 atom stereocenters. The zero-order valence-electron chi connectivity index (χ0n) is 19.2. The van der Waals surface area contributed by atoms with Crippen LogP contribution < -0.4 is 9.64 Å². The third kappa shape index (κ3) is 3.58. The third-order valence-corrected chi connectivity index (χ3v) is 6.63. The second-order valence-electron chi connectivity index (χ2n) is 9.22. The molecule has 0 radical (unpaired) electrons. The van der Waals surface area contributed by atoms with E-state index in [9.17, 15) is 9.59 Å². The Bertz CT molecular complexity index is 1260. The second kappa shape index (κ2) is 8.39. The molecular weight excluding hydrogens is 412 g/mol. The molecule has 168 valence electrons. The number of benzene rings is 3. The van der Waals surface area contributed by atoms with Crippen molar-refractivity contribution in [2.24, 2.45) is 11.8 Å². The first-order chi connectivity index (χ1) is 16.0. The quantitative estimate of drug-likeness (QED) is 0.529.